The number of esters is 1. The van der Waals surface area contributed by atoms with E-state index in [9.17, 15) is 4.79 Å². The minimum atomic E-state index is -0.617. The molecule has 0 amide bonds. The molecule has 1 unspecified atom stereocenters. The van der Waals surface area contributed by atoms with Crippen molar-refractivity contribution in [3.63, 3.8) is 0 Å². The summed E-state index contributed by atoms with van der Waals surface area (Å²) < 4.78 is 22.8. The molecule has 0 aliphatic carbocycles. The summed E-state index contributed by atoms with van der Waals surface area (Å²) in [5, 5.41) is 0.308. The van der Waals surface area contributed by atoms with Crippen molar-refractivity contribution in [1.29, 1.82) is 0 Å². The Balaban J connectivity index is 1.70. The van der Waals surface area contributed by atoms with Crippen LogP contribution in [-0.4, -0.2) is 36.6 Å². The van der Waals surface area contributed by atoms with Crippen LogP contribution < -0.4 is 14.4 Å². The van der Waals surface area contributed by atoms with Gasteiger partial charge in [0.25, 0.3) is 0 Å². The zero-order chi connectivity index (χ0) is 25.7. The van der Waals surface area contributed by atoms with Crippen LogP contribution in [0.15, 0.2) is 60.9 Å². The van der Waals surface area contributed by atoms with Crippen LogP contribution in [0, 0.1) is 0 Å². The molecule has 2 heterocycles. The number of ether oxygens (including phenoxy) is 4. The van der Waals surface area contributed by atoms with Gasteiger partial charge in [0.05, 0.1) is 24.3 Å². The molecule has 1 aromatic heterocycles. The molecule has 1 aliphatic rings. The molecule has 0 bridgehead atoms. The number of nitrogens with zero attached hydrogens (tertiary/aromatic N) is 2. The fraction of sp³-hybridized carbons (Fsp3) is 0.357. The van der Waals surface area contributed by atoms with Gasteiger partial charge in [-0.1, -0.05) is 17.7 Å². The van der Waals surface area contributed by atoms with Crippen molar-refractivity contribution in [2.45, 2.75) is 52.0 Å². The molecule has 2 aromatic carbocycles. The molecule has 3 aromatic rings. The minimum Gasteiger partial charge on any atom is -0.493 e. The van der Waals surface area contributed by atoms with E-state index in [-0.39, 0.29) is 6.29 Å². The molecule has 1 saturated heterocycles. The number of hydrogen-bond donors (Lipinski definition) is 0. The van der Waals surface area contributed by atoms with Crippen molar-refractivity contribution in [2.75, 3.05) is 18.6 Å². The number of carbonyl (C=O) groups is 1. The SMILES string of the molecule is COc1ccc(N(Cc2cccnc2)c2ccc(C(=O)OC(C)(C)C)c(Cl)c2)cc1OC1CCCO1. The quantitative estimate of drug-likeness (QED) is 0.318. The maximum Gasteiger partial charge on any atom is 0.340 e. The van der Waals surface area contributed by atoms with E-state index >= 15 is 0 Å². The first kappa shape index (κ1) is 25.8. The predicted molar refractivity (Wildman–Crippen MR) is 139 cm³/mol. The van der Waals surface area contributed by atoms with E-state index in [0.29, 0.717) is 35.2 Å². The Morgan fingerprint density at radius 2 is 1.92 bits per heavy atom. The molecule has 0 saturated carbocycles. The molecule has 1 atom stereocenters. The molecule has 8 heteroatoms. The van der Waals surface area contributed by atoms with Crippen LogP contribution in [0.3, 0.4) is 0 Å². The van der Waals surface area contributed by atoms with Gasteiger partial charge in [0.15, 0.2) is 17.8 Å². The number of rotatable bonds is 8. The molecule has 1 aliphatic heterocycles. The largest absolute Gasteiger partial charge is 0.493 e. The first-order valence-corrected chi connectivity index (χ1v) is 12.3. The van der Waals surface area contributed by atoms with Crippen LogP contribution in [0.5, 0.6) is 11.5 Å². The molecule has 4 rings (SSSR count). The highest BCUT2D eigenvalue weighted by molar-refractivity contribution is 6.33. The summed E-state index contributed by atoms with van der Waals surface area (Å²) in [6, 6.07) is 15.0. The van der Waals surface area contributed by atoms with Crippen molar-refractivity contribution in [1.82, 2.24) is 4.98 Å². The third-order valence-corrected chi connectivity index (χ3v) is 5.86. The second-order valence-electron chi connectivity index (χ2n) is 9.51. The van der Waals surface area contributed by atoms with E-state index < -0.39 is 11.6 Å². The fourth-order valence-electron chi connectivity index (χ4n) is 3.88. The van der Waals surface area contributed by atoms with Gasteiger partial charge < -0.3 is 23.8 Å². The zero-order valence-electron chi connectivity index (χ0n) is 21.0. The lowest BCUT2D eigenvalue weighted by atomic mass is 10.1. The average molecular weight is 511 g/mol. The molecule has 0 spiro atoms. The van der Waals surface area contributed by atoms with Gasteiger partial charge in [0, 0.05) is 42.8 Å². The van der Waals surface area contributed by atoms with Crippen LogP contribution in [0.2, 0.25) is 5.02 Å². The number of anilines is 2. The summed E-state index contributed by atoms with van der Waals surface area (Å²) in [4.78, 5) is 19.0. The second kappa shape index (κ2) is 11.2. The fourth-order valence-corrected chi connectivity index (χ4v) is 4.14. The highest BCUT2D eigenvalue weighted by Crippen LogP contribution is 2.38. The number of benzene rings is 2. The lowest BCUT2D eigenvalue weighted by Crippen LogP contribution is -2.24. The van der Waals surface area contributed by atoms with Crippen molar-refractivity contribution >= 4 is 28.9 Å². The van der Waals surface area contributed by atoms with Crippen LogP contribution in [0.25, 0.3) is 0 Å². The van der Waals surface area contributed by atoms with E-state index in [4.69, 9.17) is 30.5 Å². The van der Waals surface area contributed by atoms with E-state index in [1.54, 1.807) is 25.4 Å². The van der Waals surface area contributed by atoms with Crippen LogP contribution in [0.4, 0.5) is 11.4 Å². The van der Waals surface area contributed by atoms with E-state index in [1.807, 2.05) is 63.4 Å². The van der Waals surface area contributed by atoms with Gasteiger partial charge in [-0.05, 0) is 69.2 Å². The Kier molecular flexibility index (Phi) is 8.01. The standard InChI is InChI=1S/C28H31ClN2O5/c1-28(2,3)36-27(32)22-11-9-20(15-23(22)29)31(18-19-7-5-13-30-17-19)21-10-12-24(33-4)25(16-21)35-26-8-6-14-34-26/h5,7,9-13,15-17,26H,6,8,14,18H2,1-4H3. The van der Waals surface area contributed by atoms with Crippen LogP contribution in [0.1, 0.15) is 49.5 Å². The van der Waals surface area contributed by atoms with E-state index in [2.05, 4.69) is 9.88 Å². The van der Waals surface area contributed by atoms with E-state index in [1.165, 1.54) is 0 Å². The Hall–Kier alpha value is -3.29. The zero-order valence-corrected chi connectivity index (χ0v) is 21.7. The van der Waals surface area contributed by atoms with Gasteiger partial charge in [-0.3, -0.25) is 4.98 Å². The summed E-state index contributed by atoms with van der Waals surface area (Å²) >= 11 is 6.58. The molecule has 36 heavy (non-hydrogen) atoms. The lowest BCUT2D eigenvalue weighted by Gasteiger charge is -2.27. The van der Waals surface area contributed by atoms with Gasteiger partial charge in [-0.25, -0.2) is 4.79 Å². The van der Waals surface area contributed by atoms with Gasteiger partial charge in [0.2, 0.25) is 0 Å². The molecule has 1 fully saturated rings. The third kappa shape index (κ3) is 6.47. The van der Waals surface area contributed by atoms with Gasteiger partial charge >= 0.3 is 5.97 Å². The summed E-state index contributed by atoms with van der Waals surface area (Å²) in [6.45, 7) is 6.66. The highest BCUT2D eigenvalue weighted by Gasteiger charge is 2.23. The summed E-state index contributed by atoms with van der Waals surface area (Å²) in [5.41, 5.74) is 2.35. The molecule has 0 radical (unpaired) electrons. The molecule has 7 nitrogen and oxygen atoms in total. The first-order valence-electron chi connectivity index (χ1n) is 11.9. The maximum absolute atomic E-state index is 12.6. The first-order chi connectivity index (χ1) is 17.2. The Labute approximate surface area is 216 Å². The minimum absolute atomic E-state index is 0.302. The smallest absolute Gasteiger partial charge is 0.340 e. The van der Waals surface area contributed by atoms with Crippen molar-refractivity contribution in [3.05, 3.63) is 77.1 Å². The van der Waals surface area contributed by atoms with Gasteiger partial charge in [-0.15, -0.1) is 0 Å². The third-order valence-electron chi connectivity index (χ3n) is 5.55. The van der Waals surface area contributed by atoms with Crippen molar-refractivity contribution in [2.24, 2.45) is 0 Å². The Bertz CT molecular complexity index is 1190. The average Bonchev–Trinajstić information content (AvgIpc) is 3.35. The molecular formula is C28H31ClN2O5. The number of hydrogen-bond acceptors (Lipinski definition) is 7. The number of carbonyl (C=O) groups excluding carboxylic acids is 1. The summed E-state index contributed by atoms with van der Waals surface area (Å²) in [5.74, 6) is 0.748. The second-order valence-corrected chi connectivity index (χ2v) is 9.92. The molecule has 190 valence electrons. The summed E-state index contributed by atoms with van der Waals surface area (Å²) in [6.07, 6.45) is 5.04. The van der Waals surface area contributed by atoms with Crippen LogP contribution in [-0.2, 0) is 16.0 Å². The monoisotopic (exact) mass is 510 g/mol. The number of pyridine rings is 1. The van der Waals surface area contributed by atoms with Crippen molar-refractivity contribution in [3.8, 4) is 11.5 Å². The van der Waals surface area contributed by atoms with E-state index in [0.717, 1.165) is 29.8 Å². The Morgan fingerprint density at radius 3 is 2.56 bits per heavy atom. The normalized spacial score (nSPS) is 15.4. The number of methoxy groups -OCH3 is 1. The predicted octanol–water partition coefficient (Wildman–Crippen LogP) is 6.55. The maximum atomic E-state index is 12.6. The molecule has 0 N–H and O–H groups in total. The Morgan fingerprint density at radius 1 is 1.14 bits per heavy atom. The van der Waals surface area contributed by atoms with Gasteiger partial charge in [0.1, 0.15) is 5.60 Å². The number of aromatic nitrogens is 1. The molecular weight excluding hydrogens is 480 g/mol. The lowest BCUT2D eigenvalue weighted by molar-refractivity contribution is -0.0402. The number of halogens is 1. The highest BCUT2D eigenvalue weighted by atomic mass is 35.5. The topological polar surface area (TPSA) is 70.1 Å². The van der Waals surface area contributed by atoms with Gasteiger partial charge in [-0.2, -0.15) is 0 Å². The summed E-state index contributed by atoms with van der Waals surface area (Å²) in [7, 11) is 1.61. The van der Waals surface area contributed by atoms with Crippen molar-refractivity contribution < 1.29 is 23.7 Å². The van der Waals surface area contributed by atoms with Crippen LogP contribution >= 0.6 is 11.6 Å².